The number of carboxylic acids is 1. The molecule has 204 valence electrons. The van der Waals surface area contributed by atoms with Crippen LogP contribution in [0.4, 0.5) is 0 Å². The third-order valence-corrected chi connectivity index (χ3v) is 4.83. The second-order valence-electron chi connectivity index (χ2n) is 8.27. The summed E-state index contributed by atoms with van der Waals surface area (Å²) >= 11 is 0. The summed E-state index contributed by atoms with van der Waals surface area (Å²) in [6, 6.07) is -5.21. The van der Waals surface area contributed by atoms with Crippen LogP contribution in [0.25, 0.3) is 0 Å². The van der Waals surface area contributed by atoms with Gasteiger partial charge in [0.15, 0.2) is 0 Å². The first-order valence-electron chi connectivity index (χ1n) is 11.0. The van der Waals surface area contributed by atoms with Gasteiger partial charge in [0.25, 0.3) is 0 Å². The van der Waals surface area contributed by atoms with Crippen molar-refractivity contribution in [1.29, 1.82) is 0 Å². The second kappa shape index (κ2) is 16.0. The highest BCUT2D eigenvalue weighted by Crippen LogP contribution is 2.04. The third-order valence-electron chi connectivity index (χ3n) is 4.83. The molecule has 4 atom stereocenters. The number of nitrogens with one attached hydrogen (secondary N) is 4. The van der Waals surface area contributed by atoms with Crippen LogP contribution in [0.1, 0.15) is 39.5 Å². The van der Waals surface area contributed by atoms with Crippen LogP contribution in [0.2, 0.25) is 0 Å². The van der Waals surface area contributed by atoms with Crippen molar-refractivity contribution in [3.05, 3.63) is 0 Å². The van der Waals surface area contributed by atoms with Crippen molar-refractivity contribution in [1.82, 2.24) is 21.3 Å². The fourth-order valence-corrected chi connectivity index (χ4v) is 2.77. The Balaban J connectivity index is 5.22. The maximum Gasteiger partial charge on any atom is 0.326 e. The van der Waals surface area contributed by atoms with Crippen molar-refractivity contribution >= 4 is 41.4 Å². The Morgan fingerprint density at radius 2 is 1.31 bits per heavy atom. The highest BCUT2D eigenvalue weighted by molar-refractivity contribution is 5.94. The lowest BCUT2D eigenvalue weighted by Gasteiger charge is -2.24. The van der Waals surface area contributed by atoms with Crippen molar-refractivity contribution in [2.45, 2.75) is 63.7 Å². The quantitative estimate of drug-likeness (QED) is 0.0886. The third kappa shape index (κ3) is 12.6. The summed E-state index contributed by atoms with van der Waals surface area (Å²) in [4.78, 5) is 82.7. The van der Waals surface area contributed by atoms with Crippen molar-refractivity contribution in [2.24, 2.45) is 23.1 Å². The first kappa shape index (κ1) is 32.2. The molecule has 0 aliphatic rings. The predicted molar refractivity (Wildman–Crippen MR) is 123 cm³/mol. The molecule has 0 bridgehead atoms. The van der Waals surface area contributed by atoms with Crippen LogP contribution in [0, 0.1) is 5.92 Å². The van der Waals surface area contributed by atoms with Crippen LogP contribution in [-0.4, -0.2) is 88.9 Å². The molecular formula is C20H35N7O9. The van der Waals surface area contributed by atoms with Gasteiger partial charge in [-0.15, -0.1) is 0 Å². The molecule has 12 N–H and O–H groups in total. The molecule has 0 aliphatic carbocycles. The summed E-state index contributed by atoms with van der Waals surface area (Å²) in [6.07, 6.45) is -1.22. The average Bonchev–Trinajstić information content (AvgIpc) is 2.79. The molecule has 0 saturated carbocycles. The average molecular weight is 518 g/mol. The molecule has 16 nitrogen and oxygen atoms in total. The summed E-state index contributed by atoms with van der Waals surface area (Å²) in [6.45, 7) is 1.97. The van der Waals surface area contributed by atoms with E-state index in [-0.39, 0.29) is 25.7 Å². The number of carbonyl (C=O) groups excluding carboxylic acids is 6. The van der Waals surface area contributed by atoms with Crippen LogP contribution < -0.4 is 38.5 Å². The van der Waals surface area contributed by atoms with Crippen LogP contribution in [0.5, 0.6) is 0 Å². The van der Waals surface area contributed by atoms with Gasteiger partial charge in [0.05, 0.1) is 13.2 Å². The molecule has 0 spiro atoms. The molecule has 6 amide bonds. The topological polar surface area (TPSA) is 286 Å². The molecule has 0 rings (SSSR count). The molecule has 0 aliphatic heterocycles. The van der Waals surface area contributed by atoms with Gasteiger partial charge < -0.3 is 48.7 Å². The Labute approximate surface area is 207 Å². The highest BCUT2D eigenvalue weighted by atomic mass is 16.4. The molecule has 0 aromatic rings. The van der Waals surface area contributed by atoms with Crippen LogP contribution in [0.3, 0.4) is 0 Å². The van der Waals surface area contributed by atoms with Gasteiger partial charge in [0, 0.05) is 12.8 Å². The van der Waals surface area contributed by atoms with E-state index in [9.17, 15) is 38.7 Å². The lowest BCUT2D eigenvalue weighted by atomic mass is 10.0. The van der Waals surface area contributed by atoms with Crippen molar-refractivity contribution in [2.75, 3.05) is 13.2 Å². The minimum absolute atomic E-state index is 0.271. The van der Waals surface area contributed by atoms with E-state index < -0.39 is 84.6 Å². The van der Waals surface area contributed by atoms with Crippen LogP contribution in [0.15, 0.2) is 0 Å². The van der Waals surface area contributed by atoms with E-state index in [1.165, 1.54) is 0 Å². The Kier molecular flexibility index (Phi) is 14.3. The normalized spacial score (nSPS) is 14.0. The zero-order valence-electron chi connectivity index (χ0n) is 20.1. The van der Waals surface area contributed by atoms with Gasteiger partial charge in [0.1, 0.15) is 24.2 Å². The molecule has 0 fully saturated rings. The number of nitrogens with two attached hydrogens (primary N) is 3. The Morgan fingerprint density at radius 1 is 0.778 bits per heavy atom. The number of rotatable bonds is 17. The van der Waals surface area contributed by atoms with Gasteiger partial charge in [-0.1, -0.05) is 13.8 Å². The summed E-state index contributed by atoms with van der Waals surface area (Å²) in [5, 5.41) is 27.3. The number of carboxylic acid groups (broad SMARTS) is 1. The summed E-state index contributed by atoms with van der Waals surface area (Å²) in [5.41, 5.74) is 15.5. The summed E-state index contributed by atoms with van der Waals surface area (Å²) in [7, 11) is 0. The standard InChI is InChI=1S/C20H35N7O9/c1-9(2)16(27-17(32)10(21)8-28)19(34)24-7-15(31)25-11(3-5-13(22)29)18(33)26-12(20(35)36)4-6-14(23)30/h9-12,16,28H,3-8,21H2,1-2H3,(H2,22,29)(H2,23,30)(H,24,34)(H,25,31)(H,26,33)(H,27,32)(H,35,36)/t10-,11-,12-,16-/m0/s1. The Bertz CT molecular complexity index is 834. The van der Waals surface area contributed by atoms with Gasteiger partial charge in [-0.3, -0.25) is 28.8 Å². The van der Waals surface area contributed by atoms with E-state index in [2.05, 4.69) is 21.3 Å². The van der Waals surface area contributed by atoms with E-state index >= 15 is 0 Å². The van der Waals surface area contributed by atoms with Gasteiger partial charge in [0.2, 0.25) is 35.4 Å². The summed E-state index contributed by atoms with van der Waals surface area (Å²) < 4.78 is 0. The fourth-order valence-electron chi connectivity index (χ4n) is 2.77. The fraction of sp³-hybridized carbons (Fsp3) is 0.650. The molecule has 0 saturated heterocycles. The van der Waals surface area contributed by atoms with Crippen LogP contribution in [-0.2, 0) is 33.6 Å². The number of primary amides is 2. The van der Waals surface area contributed by atoms with Gasteiger partial charge >= 0.3 is 5.97 Å². The van der Waals surface area contributed by atoms with E-state index in [0.717, 1.165) is 0 Å². The van der Waals surface area contributed by atoms with E-state index in [1.807, 2.05) is 0 Å². The van der Waals surface area contributed by atoms with E-state index in [0.29, 0.717) is 0 Å². The number of hydrogen-bond donors (Lipinski definition) is 9. The maximum atomic E-state index is 12.6. The largest absolute Gasteiger partial charge is 0.480 e. The van der Waals surface area contributed by atoms with Crippen LogP contribution >= 0.6 is 0 Å². The maximum absolute atomic E-state index is 12.6. The number of aliphatic hydroxyl groups excluding tert-OH is 1. The molecule has 16 heteroatoms. The summed E-state index contributed by atoms with van der Waals surface area (Å²) in [5.74, 6) is -6.76. The molecule has 0 unspecified atom stereocenters. The zero-order valence-corrected chi connectivity index (χ0v) is 20.1. The van der Waals surface area contributed by atoms with E-state index in [1.54, 1.807) is 13.8 Å². The lowest BCUT2D eigenvalue weighted by molar-refractivity contribution is -0.142. The van der Waals surface area contributed by atoms with Gasteiger partial charge in [-0.05, 0) is 18.8 Å². The predicted octanol–water partition coefficient (Wildman–Crippen LogP) is -4.85. The Morgan fingerprint density at radius 3 is 1.75 bits per heavy atom. The lowest BCUT2D eigenvalue weighted by Crippen LogP contribution is -2.56. The number of aliphatic hydroxyl groups is 1. The smallest absolute Gasteiger partial charge is 0.326 e. The molecule has 0 heterocycles. The van der Waals surface area contributed by atoms with Crippen molar-refractivity contribution in [3.63, 3.8) is 0 Å². The molecule has 0 radical (unpaired) electrons. The SMILES string of the molecule is CC(C)[C@H](NC(=O)[C@@H](N)CO)C(=O)NCC(=O)N[C@@H](CCC(N)=O)C(=O)N[C@@H](CCC(N)=O)C(=O)O. The minimum atomic E-state index is -1.49. The number of hydrogen-bond acceptors (Lipinski definition) is 9. The van der Waals surface area contributed by atoms with Crippen molar-refractivity contribution < 1.29 is 43.8 Å². The molecule has 0 aromatic carbocycles. The van der Waals surface area contributed by atoms with Gasteiger partial charge in [-0.25, -0.2) is 4.79 Å². The first-order valence-corrected chi connectivity index (χ1v) is 11.0. The molecular weight excluding hydrogens is 482 g/mol. The number of aliphatic carboxylic acids is 1. The monoisotopic (exact) mass is 517 g/mol. The van der Waals surface area contributed by atoms with E-state index in [4.69, 9.17) is 22.3 Å². The first-order chi connectivity index (χ1) is 16.7. The molecule has 0 aromatic heterocycles. The number of amides is 6. The Hall–Kier alpha value is -3.79. The zero-order chi connectivity index (χ0) is 28.0. The second-order valence-corrected chi connectivity index (χ2v) is 8.27. The minimum Gasteiger partial charge on any atom is -0.480 e. The highest BCUT2D eigenvalue weighted by Gasteiger charge is 2.29. The number of carbonyl (C=O) groups is 7. The van der Waals surface area contributed by atoms with Gasteiger partial charge in [-0.2, -0.15) is 0 Å². The molecule has 36 heavy (non-hydrogen) atoms. The van der Waals surface area contributed by atoms with Crippen molar-refractivity contribution in [3.8, 4) is 0 Å².